The van der Waals surface area contributed by atoms with Crippen molar-refractivity contribution in [2.24, 2.45) is 11.3 Å². The number of alkyl carbamates (subject to hydrolysis) is 1. The summed E-state index contributed by atoms with van der Waals surface area (Å²) in [6.45, 7) is 13.4. The molecule has 0 radical (unpaired) electrons. The van der Waals surface area contributed by atoms with Crippen LogP contribution >= 0.6 is 0 Å². The smallest absolute Gasteiger partial charge is 0.408 e. The molecule has 2 amide bonds. The molecule has 1 aliphatic rings. The van der Waals surface area contributed by atoms with Crippen molar-refractivity contribution in [3.8, 4) is 0 Å². The van der Waals surface area contributed by atoms with E-state index in [-0.39, 0.29) is 19.1 Å². The third-order valence-corrected chi connectivity index (χ3v) is 4.66. The van der Waals surface area contributed by atoms with Crippen LogP contribution in [0.4, 0.5) is 4.79 Å². The van der Waals surface area contributed by atoms with Crippen molar-refractivity contribution in [1.29, 1.82) is 0 Å². The van der Waals surface area contributed by atoms with Gasteiger partial charge in [0.25, 0.3) is 0 Å². The van der Waals surface area contributed by atoms with E-state index in [2.05, 4.69) is 5.32 Å². The van der Waals surface area contributed by atoms with Gasteiger partial charge in [-0.2, -0.15) is 0 Å². The number of nitrogens with one attached hydrogen (secondary N) is 1. The summed E-state index contributed by atoms with van der Waals surface area (Å²) in [4.78, 5) is 39.3. The SMILES string of the molecule is CCOC(=O)CN(CC1CCCC1)C(=O)[C@@H](NC(=O)OC(C)(C)C)C(C)(C)C. The fourth-order valence-electron chi connectivity index (χ4n) is 3.36. The molecule has 0 aromatic heterocycles. The van der Waals surface area contributed by atoms with Crippen molar-refractivity contribution in [3.63, 3.8) is 0 Å². The van der Waals surface area contributed by atoms with Gasteiger partial charge in [0, 0.05) is 6.54 Å². The summed E-state index contributed by atoms with van der Waals surface area (Å²) >= 11 is 0. The monoisotopic (exact) mass is 398 g/mol. The molecule has 1 aliphatic carbocycles. The molecule has 0 aromatic carbocycles. The van der Waals surface area contributed by atoms with Crippen molar-refractivity contribution in [2.75, 3.05) is 19.7 Å². The van der Waals surface area contributed by atoms with Gasteiger partial charge in [-0.05, 0) is 51.9 Å². The number of hydrogen-bond acceptors (Lipinski definition) is 5. The van der Waals surface area contributed by atoms with E-state index in [4.69, 9.17) is 9.47 Å². The molecule has 0 aromatic rings. The van der Waals surface area contributed by atoms with Gasteiger partial charge in [-0.15, -0.1) is 0 Å². The second kappa shape index (κ2) is 10.1. The van der Waals surface area contributed by atoms with Crippen LogP contribution in [0.3, 0.4) is 0 Å². The predicted molar refractivity (Wildman–Crippen MR) is 108 cm³/mol. The molecule has 1 atom stereocenters. The van der Waals surface area contributed by atoms with Crippen molar-refractivity contribution >= 4 is 18.0 Å². The highest BCUT2D eigenvalue weighted by Gasteiger charge is 2.38. The van der Waals surface area contributed by atoms with Gasteiger partial charge in [0.15, 0.2) is 0 Å². The van der Waals surface area contributed by atoms with E-state index < -0.39 is 29.1 Å². The van der Waals surface area contributed by atoms with Gasteiger partial charge < -0.3 is 19.7 Å². The molecular formula is C21H38N2O5. The highest BCUT2D eigenvalue weighted by molar-refractivity contribution is 5.89. The van der Waals surface area contributed by atoms with Gasteiger partial charge in [0.1, 0.15) is 18.2 Å². The minimum Gasteiger partial charge on any atom is -0.465 e. The molecule has 1 fully saturated rings. The maximum absolute atomic E-state index is 13.4. The zero-order valence-electron chi connectivity index (χ0n) is 18.6. The Labute approximate surface area is 169 Å². The van der Waals surface area contributed by atoms with E-state index in [1.807, 2.05) is 20.8 Å². The first-order chi connectivity index (χ1) is 12.8. The molecule has 0 heterocycles. The largest absolute Gasteiger partial charge is 0.465 e. The van der Waals surface area contributed by atoms with Gasteiger partial charge in [-0.1, -0.05) is 33.6 Å². The zero-order chi connectivity index (χ0) is 21.5. The summed E-state index contributed by atoms with van der Waals surface area (Å²) in [6.07, 6.45) is 3.74. The topological polar surface area (TPSA) is 84.9 Å². The Morgan fingerprint density at radius 3 is 2.11 bits per heavy atom. The Bertz CT molecular complexity index is 542. The van der Waals surface area contributed by atoms with Crippen molar-refractivity contribution in [2.45, 2.75) is 85.8 Å². The van der Waals surface area contributed by atoms with Gasteiger partial charge >= 0.3 is 12.1 Å². The Balaban J connectivity index is 2.98. The highest BCUT2D eigenvalue weighted by Crippen LogP contribution is 2.27. The first kappa shape index (κ1) is 24.2. The Morgan fingerprint density at radius 2 is 1.64 bits per heavy atom. The predicted octanol–water partition coefficient (Wildman–Crippen LogP) is 3.51. The number of esters is 1. The lowest BCUT2D eigenvalue weighted by Gasteiger charge is -2.36. The van der Waals surface area contributed by atoms with Gasteiger partial charge in [-0.25, -0.2) is 4.79 Å². The fraction of sp³-hybridized carbons (Fsp3) is 0.857. The van der Waals surface area contributed by atoms with E-state index in [1.165, 1.54) is 0 Å². The lowest BCUT2D eigenvalue weighted by atomic mass is 9.85. The first-order valence-electron chi connectivity index (χ1n) is 10.3. The molecule has 7 nitrogen and oxygen atoms in total. The highest BCUT2D eigenvalue weighted by atomic mass is 16.6. The molecule has 0 unspecified atom stereocenters. The van der Waals surface area contributed by atoms with Gasteiger partial charge in [0.2, 0.25) is 5.91 Å². The van der Waals surface area contributed by atoms with E-state index in [0.717, 1.165) is 25.7 Å². The van der Waals surface area contributed by atoms with Gasteiger partial charge in [0.05, 0.1) is 6.61 Å². The summed E-state index contributed by atoms with van der Waals surface area (Å²) < 4.78 is 10.4. The number of rotatable bonds is 7. The second-order valence-corrected chi connectivity index (χ2v) is 9.62. The molecule has 7 heteroatoms. The molecule has 0 bridgehead atoms. The standard InChI is InChI=1S/C21H38N2O5/c1-8-27-16(24)14-23(13-15-11-9-10-12-15)18(25)17(20(2,3)4)22-19(26)28-21(5,6)7/h15,17H,8-14H2,1-7H3,(H,22,26)/t17-/m1/s1. The van der Waals surface area contributed by atoms with Crippen LogP contribution in [0.5, 0.6) is 0 Å². The zero-order valence-corrected chi connectivity index (χ0v) is 18.6. The van der Waals surface area contributed by atoms with Crippen LogP contribution in [0.1, 0.15) is 74.1 Å². The average molecular weight is 399 g/mol. The quantitative estimate of drug-likeness (QED) is 0.664. The second-order valence-electron chi connectivity index (χ2n) is 9.62. The third kappa shape index (κ3) is 8.48. The summed E-state index contributed by atoms with van der Waals surface area (Å²) in [7, 11) is 0. The minimum absolute atomic E-state index is 0.105. The Kier molecular flexibility index (Phi) is 8.76. The molecule has 162 valence electrons. The summed E-state index contributed by atoms with van der Waals surface area (Å²) in [5.74, 6) is -0.336. The summed E-state index contributed by atoms with van der Waals surface area (Å²) in [6, 6.07) is -0.807. The first-order valence-corrected chi connectivity index (χ1v) is 10.3. The van der Waals surface area contributed by atoms with Crippen LogP contribution in [0.2, 0.25) is 0 Å². The Hall–Kier alpha value is -1.79. The van der Waals surface area contributed by atoms with Crippen molar-refractivity contribution in [3.05, 3.63) is 0 Å². The molecular weight excluding hydrogens is 360 g/mol. The van der Waals surface area contributed by atoms with E-state index >= 15 is 0 Å². The van der Waals surface area contributed by atoms with Crippen LogP contribution in [0, 0.1) is 11.3 Å². The van der Waals surface area contributed by atoms with Crippen LogP contribution in [-0.4, -0.2) is 54.2 Å². The molecule has 0 spiro atoms. The summed E-state index contributed by atoms with van der Waals surface area (Å²) in [5.41, 5.74) is -1.21. The number of carbonyl (C=O) groups is 3. The van der Waals surface area contributed by atoms with Crippen LogP contribution < -0.4 is 5.32 Å². The summed E-state index contributed by atoms with van der Waals surface area (Å²) in [5, 5.41) is 2.72. The van der Waals surface area contributed by atoms with Crippen LogP contribution in [0.25, 0.3) is 0 Å². The number of amides is 2. The molecule has 1 rings (SSSR count). The van der Waals surface area contributed by atoms with Crippen LogP contribution in [-0.2, 0) is 19.1 Å². The van der Waals surface area contributed by atoms with Crippen LogP contribution in [0.15, 0.2) is 0 Å². The lowest BCUT2D eigenvalue weighted by Crippen LogP contribution is -2.57. The number of hydrogen-bond donors (Lipinski definition) is 1. The molecule has 0 aliphatic heterocycles. The van der Waals surface area contributed by atoms with Gasteiger partial charge in [-0.3, -0.25) is 9.59 Å². The number of carbonyl (C=O) groups excluding carboxylic acids is 3. The minimum atomic E-state index is -0.807. The maximum Gasteiger partial charge on any atom is 0.408 e. The number of ether oxygens (including phenoxy) is 2. The maximum atomic E-state index is 13.4. The van der Waals surface area contributed by atoms with E-state index in [1.54, 1.807) is 32.6 Å². The lowest BCUT2D eigenvalue weighted by molar-refractivity contribution is -0.150. The normalized spacial score (nSPS) is 16.4. The number of nitrogens with zero attached hydrogens (tertiary/aromatic N) is 1. The fourth-order valence-corrected chi connectivity index (χ4v) is 3.36. The van der Waals surface area contributed by atoms with E-state index in [0.29, 0.717) is 12.5 Å². The Morgan fingerprint density at radius 1 is 1.07 bits per heavy atom. The van der Waals surface area contributed by atoms with Crippen molar-refractivity contribution in [1.82, 2.24) is 10.2 Å². The third-order valence-electron chi connectivity index (χ3n) is 4.66. The molecule has 28 heavy (non-hydrogen) atoms. The average Bonchev–Trinajstić information content (AvgIpc) is 3.02. The molecule has 0 saturated heterocycles. The molecule has 1 saturated carbocycles. The van der Waals surface area contributed by atoms with Crippen molar-refractivity contribution < 1.29 is 23.9 Å². The molecule has 1 N–H and O–H groups in total. The van der Waals surface area contributed by atoms with E-state index in [9.17, 15) is 14.4 Å².